The van der Waals surface area contributed by atoms with Crippen molar-refractivity contribution in [1.29, 1.82) is 0 Å². The second-order valence-corrected chi connectivity index (χ2v) is 17.0. The molecule has 0 saturated carbocycles. The molecule has 0 atom stereocenters. The monoisotopic (exact) mass is 703 g/mol. The van der Waals surface area contributed by atoms with Gasteiger partial charge in [0.05, 0.1) is 26.8 Å². The summed E-state index contributed by atoms with van der Waals surface area (Å²) < 4.78 is 5.28. The molecule has 2 heteroatoms. The van der Waals surface area contributed by atoms with Crippen LogP contribution in [0.25, 0.3) is 81.0 Å². The van der Waals surface area contributed by atoms with Gasteiger partial charge in [-0.05, 0) is 97.1 Å². The van der Waals surface area contributed by atoms with E-state index in [0.29, 0.717) is 0 Å². The fourth-order valence-electron chi connectivity index (χ4n) is 11.0. The summed E-state index contributed by atoms with van der Waals surface area (Å²) >= 11 is 1.94. The third kappa shape index (κ3) is 3.26. The smallest absolute Gasteiger partial charge is 0.0726 e. The number of thiophene rings is 1. The summed E-state index contributed by atoms with van der Waals surface area (Å²) in [4.78, 5) is 0. The molecule has 252 valence electrons. The number of hydrogen-bond donors (Lipinski definition) is 0. The van der Waals surface area contributed by atoms with Crippen LogP contribution in [0.1, 0.15) is 47.2 Å². The molecule has 8 aromatic carbocycles. The van der Waals surface area contributed by atoms with Crippen LogP contribution in [0.2, 0.25) is 0 Å². The van der Waals surface area contributed by atoms with Gasteiger partial charge in [-0.1, -0.05) is 147 Å². The number of rotatable bonds is 1. The summed E-state index contributed by atoms with van der Waals surface area (Å²) in [7, 11) is 0. The molecule has 1 nitrogen and oxygen atoms in total. The molecule has 0 aliphatic heterocycles. The van der Waals surface area contributed by atoms with Gasteiger partial charge in [0, 0.05) is 31.7 Å². The molecule has 13 rings (SSSR count). The van der Waals surface area contributed by atoms with Gasteiger partial charge >= 0.3 is 0 Å². The largest absolute Gasteiger partial charge is 0.308 e. The van der Waals surface area contributed by atoms with E-state index in [2.05, 4.69) is 182 Å². The topological polar surface area (TPSA) is 4.93 Å². The van der Waals surface area contributed by atoms with Crippen LogP contribution in [0, 0.1) is 0 Å². The van der Waals surface area contributed by atoms with Crippen molar-refractivity contribution in [3.05, 3.63) is 197 Å². The number of fused-ring (bicyclic) bond motifs is 20. The van der Waals surface area contributed by atoms with Gasteiger partial charge in [0.15, 0.2) is 0 Å². The fourth-order valence-corrected chi connectivity index (χ4v) is 12.3. The van der Waals surface area contributed by atoms with E-state index in [4.69, 9.17) is 0 Å². The Bertz CT molecular complexity index is 3270. The number of hydrogen-bond acceptors (Lipinski definition) is 1. The van der Waals surface area contributed by atoms with Crippen molar-refractivity contribution in [2.24, 2.45) is 0 Å². The first kappa shape index (κ1) is 29.3. The molecule has 0 radical (unpaired) electrons. The third-order valence-electron chi connectivity index (χ3n) is 13.2. The van der Waals surface area contributed by atoms with Gasteiger partial charge in [-0.15, -0.1) is 11.3 Å². The van der Waals surface area contributed by atoms with E-state index in [9.17, 15) is 0 Å². The van der Waals surface area contributed by atoms with Crippen molar-refractivity contribution >= 4 is 53.3 Å². The van der Waals surface area contributed by atoms with Crippen molar-refractivity contribution in [3.63, 3.8) is 0 Å². The van der Waals surface area contributed by atoms with Crippen molar-refractivity contribution in [2.45, 2.75) is 24.7 Å². The zero-order valence-electron chi connectivity index (χ0n) is 29.9. The van der Waals surface area contributed by atoms with Gasteiger partial charge in [0.2, 0.25) is 0 Å². The van der Waals surface area contributed by atoms with Crippen LogP contribution < -0.4 is 0 Å². The Morgan fingerprint density at radius 3 is 1.70 bits per heavy atom. The van der Waals surface area contributed by atoms with Crippen LogP contribution in [0.4, 0.5) is 0 Å². The number of para-hydroxylation sites is 1. The molecule has 54 heavy (non-hydrogen) atoms. The molecule has 0 fully saturated rings. The zero-order chi connectivity index (χ0) is 35.5. The summed E-state index contributed by atoms with van der Waals surface area (Å²) in [6.45, 7) is 4.79. The van der Waals surface area contributed by atoms with Crippen molar-refractivity contribution in [2.75, 3.05) is 0 Å². The minimum absolute atomic E-state index is 0.102. The van der Waals surface area contributed by atoms with Crippen molar-refractivity contribution < 1.29 is 0 Å². The average molecular weight is 704 g/mol. The van der Waals surface area contributed by atoms with Gasteiger partial charge in [-0.3, -0.25) is 0 Å². The Kier molecular flexibility index (Phi) is 5.34. The van der Waals surface area contributed by atoms with Crippen LogP contribution in [0.15, 0.2) is 164 Å². The van der Waals surface area contributed by atoms with Gasteiger partial charge in [0.25, 0.3) is 0 Å². The van der Waals surface area contributed by atoms with Crippen LogP contribution in [0.3, 0.4) is 0 Å². The first-order valence-electron chi connectivity index (χ1n) is 19.0. The van der Waals surface area contributed by atoms with E-state index in [-0.39, 0.29) is 5.41 Å². The number of nitrogens with zero attached hydrogens (tertiary/aromatic N) is 1. The molecule has 0 saturated heterocycles. The van der Waals surface area contributed by atoms with Crippen molar-refractivity contribution in [1.82, 2.24) is 4.57 Å². The van der Waals surface area contributed by atoms with Crippen LogP contribution in [0.5, 0.6) is 0 Å². The van der Waals surface area contributed by atoms with Crippen LogP contribution >= 0.6 is 11.3 Å². The molecule has 2 heterocycles. The molecule has 0 unspecified atom stereocenters. The van der Waals surface area contributed by atoms with E-state index < -0.39 is 5.41 Å². The van der Waals surface area contributed by atoms with Gasteiger partial charge in [-0.25, -0.2) is 0 Å². The third-order valence-corrected chi connectivity index (χ3v) is 14.4. The molecule has 0 amide bonds. The maximum atomic E-state index is 2.62. The second kappa shape index (κ2) is 9.85. The lowest BCUT2D eigenvalue weighted by atomic mass is 9.70. The lowest BCUT2D eigenvalue weighted by molar-refractivity contribution is 0.661. The maximum Gasteiger partial charge on any atom is 0.0726 e. The lowest BCUT2D eigenvalue weighted by Gasteiger charge is -2.31. The summed E-state index contributed by atoms with van der Waals surface area (Å²) in [5.74, 6) is 0. The average Bonchev–Trinajstić information content (AvgIpc) is 3.97. The maximum absolute atomic E-state index is 2.62. The van der Waals surface area contributed by atoms with Crippen LogP contribution in [-0.2, 0) is 10.8 Å². The highest BCUT2D eigenvalue weighted by atomic mass is 32.1. The highest BCUT2D eigenvalue weighted by molar-refractivity contribution is 7.26. The molecule has 0 N–H and O–H groups in total. The quantitative estimate of drug-likeness (QED) is 0.160. The van der Waals surface area contributed by atoms with E-state index in [1.165, 1.54) is 114 Å². The van der Waals surface area contributed by atoms with E-state index in [0.717, 1.165) is 0 Å². The summed E-state index contributed by atoms with van der Waals surface area (Å²) in [5, 5.41) is 5.30. The normalized spacial score (nSPS) is 15.1. The molecule has 0 bridgehead atoms. The predicted octanol–water partition coefficient (Wildman–Crippen LogP) is 13.8. The zero-order valence-corrected chi connectivity index (χ0v) is 30.8. The first-order valence-corrected chi connectivity index (χ1v) is 19.8. The molecule has 3 aliphatic carbocycles. The summed E-state index contributed by atoms with van der Waals surface area (Å²) in [5.41, 5.74) is 19.7. The molecule has 1 spiro atoms. The Morgan fingerprint density at radius 2 is 0.981 bits per heavy atom. The SMILES string of the molecule is CC1(C)c2ccccc2-c2cc3c4ccccc4n(-c4cc5c(c6c4sc4ccccc46)-c4ccccc4C54c5ccccc5-c5ccccc54)c3cc21. The van der Waals surface area contributed by atoms with Crippen LogP contribution in [-0.4, -0.2) is 4.57 Å². The first-order chi connectivity index (χ1) is 26.6. The molecule has 3 aliphatic rings. The van der Waals surface area contributed by atoms with E-state index >= 15 is 0 Å². The Balaban J connectivity index is 1.24. The van der Waals surface area contributed by atoms with E-state index in [1.54, 1.807) is 0 Å². The van der Waals surface area contributed by atoms with Gasteiger partial charge in [-0.2, -0.15) is 0 Å². The number of benzene rings is 8. The van der Waals surface area contributed by atoms with Gasteiger partial charge < -0.3 is 4.57 Å². The minimum atomic E-state index is -0.436. The standard InChI is InChI=1S/C52H33NS/c1-51(2)38-21-9-3-17-32(38)36-27-37-33-18-7-13-25-44(33)53(45(37)28-42(36)51)46-29-43-48(49-35-20-8-14-26-47(35)54-50(46)49)34-19-6-12-24-41(34)52(43)39-22-10-4-15-30(39)31-16-5-11-23-40(31)52/h3-29H,1-2H3. The van der Waals surface area contributed by atoms with Crippen molar-refractivity contribution in [3.8, 4) is 39.1 Å². The summed E-state index contributed by atoms with van der Waals surface area (Å²) in [6, 6.07) is 62.3. The Labute approximate surface area is 317 Å². The molecular formula is C52H33NS. The highest BCUT2D eigenvalue weighted by Crippen LogP contribution is 2.65. The Hall–Kier alpha value is -6.22. The molecule has 10 aromatic rings. The number of aromatic nitrogens is 1. The second-order valence-electron chi connectivity index (χ2n) is 15.9. The van der Waals surface area contributed by atoms with Gasteiger partial charge in [0.1, 0.15) is 0 Å². The minimum Gasteiger partial charge on any atom is -0.308 e. The molecular weight excluding hydrogens is 671 g/mol. The Morgan fingerprint density at radius 1 is 0.426 bits per heavy atom. The highest BCUT2D eigenvalue weighted by Gasteiger charge is 2.52. The summed E-state index contributed by atoms with van der Waals surface area (Å²) in [6.07, 6.45) is 0. The fraction of sp³-hybridized carbons (Fsp3) is 0.0769. The molecule has 2 aromatic heterocycles. The predicted molar refractivity (Wildman–Crippen MR) is 228 cm³/mol. The lowest BCUT2D eigenvalue weighted by Crippen LogP contribution is -2.26. The van der Waals surface area contributed by atoms with E-state index in [1.807, 2.05) is 11.3 Å².